The van der Waals surface area contributed by atoms with Gasteiger partial charge in [-0.3, -0.25) is 14.9 Å². The molecule has 28 heavy (non-hydrogen) atoms. The Morgan fingerprint density at radius 3 is 2.32 bits per heavy atom. The van der Waals surface area contributed by atoms with Gasteiger partial charge in [0.05, 0.1) is 23.8 Å². The summed E-state index contributed by atoms with van der Waals surface area (Å²) < 4.78 is 5.20. The van der Waals surface area contributed by atoms with Crippen molar-refractivity contribution in [2.75, 3.05) is 12.9 Å². The van der Waals surface area contributed by atoms with Crippen molar-refractivity contribution in [2.45, 2.75) is 32.1 Å². The van der Waals surface area contributed by atoms with Crippen LogP contribution in [0.3, 0.4) is 0 Å². The number of nitro groups is 1. The molecule has 0 aliphatic heterocycles. The Morgan fingerprint density at radius 1 is 1.14 bits per heavy atom. The molecule has 2 aromatic rings. The molecule has 0 spiro atoms. The first kappa shape index (κ1) is 21.8. The highest BCUT2D eigenvalue weighted by Gasteiger charge is 2.16. The quantitative estimate of drug-likeness (QED) is 0.458. The lowest BCUT2D eigenvalue weighted by Crippen LogP contribution is -2.30. The summed E-state index contributed by atoms with van der Waals surface area (Å²) in [4.78, 5) is 22.7. The first-order valence-corrected chi connectivity index (χ1v) is 10.3. The Kier molecular flexibility index (Phi) is 8.32. The van der Waals surface area contributed by atoms with Crippen LogP contribution in [0.25, 0.3) is 0 Å². The summed E-state index contributed by atoms with van der Waals surface area (Å²) in [6, 6.07) is 14.1. The molecule has 0 saturated carbocycles. The number of carbonyl (C=O) groups excluding carboxylic acids is 1. The molecular formula is C21H26N2O4S. The lowest BCUT2D eigenvalue weighted by Gasteiger charge is -2.21. The monoisotopic (exact) mass is 402 g/mol. The van der Waals surface area contributed by atoms with Crippen molar-refractivity contribution in [2.24, 2.45) is 5.92 Å². The number of nitro benzene ring substituents is 1. The van der Waals surface area contributed by atoms with Gasteiger partial charge in [-0.2, -0.15) is 0 Å². The van der Waals surface area contributed by atoms with E-state index in [1.165, 1.54) is 23.9 Å². The number of thioether (sulfide) groups is 1. The van der Waals surface area contributed by atoms with E-state index in [9.17, 15) is 14.9 Å². The highest BCUT2D eigenvalue weighted by atomic mass is 32.2. The molecule has 7 heteroatoms. The van der Waals surface area contributed by atoms with Crippen LogP contribution in [0.15, 0.2) is 48.5 Å². The number of non-ortho nitro benzene ring substituents is 1. The third-order valence-corrected chi connectivity index (χ3v) is 5.21. The molecular weight excluding hydrogens is 376 g/mol. The molecule has 0 radical (unpaired) electrons. The third-order valence-electron chi connectivity index (χ3n) is 4.21. The van der Waals surface area contributed by atoms with Crippen molar-refractivity contribution in [3.8, 4) is 5.75 Å². The first-order chi connectivity index (χ1) is 13.4. The first-order valence-electron chi connectivity index (χ1n) is 9.13. The van der Waals surface area contributed by atoms with Gasteiger partial charge in [-0.05, 0) is 35.6 Å². The van der Waals surface area contributed by atoms with Gasteiger partial charge < -0.3 is 10.1 Å². The number of rotatable bonds is 10. The number of ether oxygens (including phenoxy) is 1. The molecule has 0 aliphatic carbocycles. The molecule has 1 unspecified atom stereocenters. The van der Waals surface area contributed by atoms with Crippen LogP contribution in [0.2, 0.25) is 0 Å². The Bertz CT molecular complexity index is 776. The molecule has 1 N–H and O–H groups in total. The Hall–Kier alpha value is -2.54. The molecule has 0 bridgehead atoms. The predicted molar refractivity (Wildman–Crippen MR) is 113 cm³/mol. The lowest BCUT2D eigenvalue weighted by atomic mass is 9.97. The molecule has 0 heterocycles. The highest BCUT2D eigenvalue weighted by molar-refractivity contribution is 7.99. The van der Waals surface area contributed by atoms with Crippen LogP contribution in [-0.4, -0.2) is 23.7 Å². The molecule has 2 rings (SSSR count). The normalized spacial score (nSPS) is 11.9. The third kappa shape index (κ3) is 6.88. The van der Waals surface area contributed by atoms with Crippen molar-refractivity contribution >= 4 is 23.4 Å². The number of amides is 1. The zero-order valence-corrected chi connectivity index (χ0v) is 17.2. The fraction of sp³-hybridized carbons (Fsp3) is 0.381. The van der Waals surface area contributed by atoms with E-state index in [2.05, 4.69) is 19.2 Å². The number of nitrogens with zero attached hydrogens (tertiary/aromatic N) is 1. The van der Waals surface area contributed by atoms with Gasteiger partial charge in [-0.25, -0.2) is 0 Å². The minimum Gasteiger partial charge on any atom is -0.497 e. The minimum absolute atomic E-state index is 0.0200. The van der Waals surface area contributed by atoms with E-state index < -0.39 is 4.92 Å². The summed E-state index contributed by atoms with van der Waals surface area (Å²) in [6.07, 6.45) is 0.852. The Balaban J connectivity index is 1.89. The van der Waals surface area contributed by atoms with Crippen LogP contribution >= 0.6 is 11.8 Å². The van der Waals surface area contributed by atoms with Gasteiger partial charge in [0, 0.05) is 17.9 Å². The number of methoxy groups -OCH3 is 1. The second-order valence-electron chi connectivity index (χ2n) is 6.94. The highest BCUT2D eigenvalue weighted by Crippen LogP contribution is 2.24. The summed E-state index contributed by atoms with van der Waals surface area (Å²) >= 11 is 1.49. The van der Waals surface area contributed by atoms with Gasteiger partial charge >= 0.3 is 0 Å². The van der Waals surface area contributed by atoms with Gasteiger partial charge in [0.15, 0.2) is 0 Å². The Labute approximate surface area is 169 Å². The summed E-state index contributed by atoms with van der Waals surface area (Å²) in [7, 11) is 1.63. The Morgan fingerprint density at radius 2 is 1.79 bits per heavy atom. The molecule has 0 aliphatic rings. The molecule has 0 fully saturated rings. The second kappa shape index (κ2) is 10.7. The molecule has 2 aromatic carbocycles. The van der Waals surface area contributed by atoms with E-state index in [-0.39, 0.29) is 17.6 Å². The predicted octanol–water partition coefficient (Wildman–Crippen LogP) is 4.74. The maximum absolute atomic E-state index is 12.4. The van der Waals surface area contributed by atoms with E-state index in [1.54, 1.807) is 19.2 Å². The van der Waals surface area contributed by atoms with E-state index in [0.29, 0.717) is 17.4 Å². The fourth-order valence-electron chi connectivity index (χ4n) is 2.80. The van der Waals surface area contributed by atoms with Crippen molar-refractivity contribution in [1.29, 1.82) is 0 Å². The molecule has 150 valence electrons. The van der Waals surface area contributed by atoms with Crippen LogP contribution in [0.5, 0.6) is 5.75 Å². The number of nitrogens with one attached hydrogen (secondary N) is 1. The van der Waals surface area contributed by atoms with Gasteiger partial charge in [-0.15, -0.1) is 11.8 Å². The van der Waals surface area contributed by atoms with Crippen molar-refractivity contribution in [3.63, 3.8) is 0 Å². The van der Waals surface area contributed by atoms with E-state index in [4.69, 9.17) is 4.74 Å². The minimum atomic E-state index is -0.418. The zero-order valence-electron chi connectivity index (χ0n) is 16.4. The fourth-order valence-corrected chi connectivity index (χ4v) is 3.60. The molecule has 0 saturated heterocycles. The van der Waals surface area contributed by atoms with Crippen molar-refractivity contribution < 1.29 is 14.5 Å². The second-order valence-corrected chi connectivity index (χ2v) is 7.92. The number of hydrogen-bond acceptors (Lipinski definition) is 5. The number of carbonyl (C=O) groups is 1. The van der Waals surface area contributed by atoms with Crippen LogP contribution in [0, 0.1) is 16.0 Å². The lowest BCUT2D eigenvalue weighted by molar-refractivity contribution is -0.384. The SMILES string of the molecule is COc1ccc(C(CC(C)C)NC(=O)CSCc2ccc([N+](=O)[O-])cc2)cc1. The van der Waals surface area contributed by atoms with Gasteiger partial charge in [0.1, 0.15) is 5.75 Å². The van der Waals surface area contributed by atoms with Crippen LogP contribution in [0.4, 0.5) is 5.69 Å². The van der Waals surface area contributed by atoms with E-state index in [0.717, 1.165) is 23.3 Å². The summed E-state index contributed by atoms with van der Waals surface area (Å²) in [5.41, 5.74) is 2.09. The van der Waals surface area contributed by atoms with Crippen LogP contribution < -0.4 is 10.1 Å². The molecule has 1 atom stereocenters. The summed E-state index contributed by atoms with van der Waals surface area (Å²) in [6.45, 7) is 4.26. The van der Waals surface area contributed by atoms with Gasteiger partial charge in [-0.1, -0.05) is 38.1 Å². The average Bonchev–Trinajstić information content (AvgIpc) is 2.67. The van der Waals surface area contributed by atoms with E-state index >= 15 is 0 Å². The molecule has 1 amide bonds. The largest absolute Gasteiger partial charge is 0.497 e. The summed E-state index contributed by atoms with van der Waals surface area (Å²) in [5, 5.41) is 13.8. The smallest absolute Gasteiger partial charge is 0.269 e. The maximum atomic E-state index is 12.4. The topological polar surface area (TPSA) is 81.5 Å². The standard InChI is InChI=1S/C21H26N2O4S/c1-15(2)12-20(17-6-10-19(27-3)11-7-17)22-21(24)14-28-13-16-4-8-18(9-5-16)23(25)26/h4-11,15,20H,12-14H2,1-3H3,(H,22,24). The van der Waals surface area contributed by atoms with Gasteiger partial charge in [0.2, 0.25) is 5.91 Å². The van der Waals surface area contributed by atoms with Crippen LogP contribution in [0.1, 0.15) is 37.4 Å². The van der Waals surface area contributed by atoms with Crippen molar-refractivity contribution in [3.05, 3.63) is 69.8 Å². The average molecular weight is 403 g/mol. The van der Waals surface area contributed by atoms with Crippen LogP contribution in [-0.2, 0) is 10.5 Å². The zero-order chi connectivity index (χ0) is 20.5. The molecule has 0 aromatic heterocycles. The molecule has 6 nitrogen and oxygen atoms in total. The van der Waals surface area contributed by atoms with Gasteiger partial charge in [0.25, 0.3) is 5.69 Å². The van der Waals surface area contributed by atoms with E-state index in [1.807, 2.05) is 24.3 Å². The maximum Gasteiger partial charge on any atom is 0.269 e. The van der Waals surface area contributed by atoms with Crippen molar-refractivity contribution in [1.82, 2.24) is 5.32 Å². The summed E-state index contributed by atoms with van der Waals surface area (Å²) in [5.74, 6) is 2.18. The number of hydrogen-bond donors (Lipinski definition) is 1. The number of benzene rings is 2.